The summed E-state index contributed by atoms with van der Waals surface area (Å²) < 4.78 is 0. The molecule has 0 saturated heterocycles. The maximum Gasteiger partial charge on any atom is -0.00943 e. The zero-order chi connectivity index (χ0) is 6.69. The van der Waals surface area contributed by atoms with Crippen LogP contribution in [0.5, 0.6) is 0 Å². The fourth-order valence-corrected chi connectivity index (χ4v) is 0.830. The number of allylic oxidation sites excluding steroid dienone is 6. The topological polar surface area (TPSA) is 0 Å². The molecule has 0 fully saturated rings. The summed E-state index contributed by atoms with van der Waals surface area (Å²) >= 11 is 0. The van der Waals surface area contributed by atoms with Crippen molar-refractivity contribution in [1.82, 2.24) is 0 Å². The zero-order valence-corrected chi connectivity index (χ0v) is 5.43. The fourth-order valence-electron chi connectivity index (χ4n) is 0.830. The lowest BCUT2D eigenvalue weighted by Crippen LogP contribution is -1.85. The average Bonchev–Trinajstić information content (AvgIpc) is 1.89. The Labute approximate surface area is 55.9 Å². The molecule has 0 heteroatoms. The van der Waals surface area contributed by atoms with Crippen LogP contribution in [-0.4, -0.2) is 0 Å². The molecule has 0 heterocycles. The lowest BCUT2D eigenvalue weighted by atomic mass is 10.0. The molecule has 1 rings (SSSR count). The number of hydrogen-bond acceptors (Lipinski definition) is 0. The smallest absolute Gasteiger partial charge is 0.00943 e. The van der Waals surface area contributed by atoms with E-state index in [2.05, 4.69) is 19.2 Å². The van der Waals surface area contributed by atoms with Gasteiger partial charge in [-0.1, -0.05) is 37.5 Å². The van der Waals surface area contributed by atoms with Gasteiger partial charge in [-0.2, -0.15) is 0 Å². The van der Waals surface area contributed by atoms with Crippen LogP contribution < -0.4 is 0 Å². The first-order valence-corrected chi connectivity index (χ1v) is 3.02. The van der Waals surface area contributed by atoms with Crippen molar-refractivity contribution in [3.63, 3.8) is 0 Å². The highest BCUT2D eigenvalue weighted by molar-refractivity contribution is 5.43. The zero-order valence-electron chi connectivity index (χ0n) is 5.43. The Morgan fingerprint density at radius 3 is 2.78 bits per heavy atom. The van der Waals surface area contributed by atoms with Gasteiger partial charge in [0.1, 0.15) is 0 Å². The quantitative estimate of drug-likeness (QED) is 0.496. The molecule has 1 aliphatic rings. The molecule has 0 N–H and O–H groups in total. The van der Waals surface area contributed by atoms with Gasteiger partial charge in [0.05, 0.1) is 0 Å². The van der Waals surface area contributed by atoms with Gasteiger partial charge in [-0.05, 0) is 17.6 Å². The monoisotopic (exact) mass is 118 g/mol. The second-order valence-electron chi connectivity index (χ2n) is 2.06. The fraction of sp³-hybridized carbons (Fsp3) is 0.111. The van der Waals surface area contributed by atoms with Gasteiger partial charge < -0.3 is 0 Å². The van der Waals surface area contributed by atoms with E-state index in [1.165, 1.54) is 0 Å². The van der Waals surface area contributed by atoms with E-state index in [9.17, 15) is 0 Å². The summed E-state index contributed by atoms with van der Waals surface area (Å²) in [6.07, 6.45) is 8.96. The highest BCUT2D eigenvalue weighted by Crippen LogP contribution is 2.17. The van der Waals surface area contributed by atoms with Crippen molar-refractivity contribution in [3.8, 4) is 0 Å². The third kappa shape index (κ3) is 1.20. The van der Waals surface area contributed by atoms with E-state index in [0.717, 1.165) is 17.6 Å². The summed E-state index contributed by atoms with van der Waals surface area (Å²) in [6, 6.07) is 0. The van der Waals surface area contributed by atoms with E-state index in [4.69, 9.17) is 0 Å². The number of rotatable bonds is 1. The second kappa shape index (κ2) is 2.49. The van der Waals surface area contributed by atoms with E-state index >= 15 is 0 Å². The first-order chi connectivity index (χ1) is 4.34. The third-order valence-electron chi connectivity index (χ3n) is 1.40. The molecule has 0 aromatic rings. The van der Waals surface area contributed by atoms with Crippen molar-refractivity contribution < 1.29 is 0 Å². The molecule has 0 nitrogen and oxygen atoms in total. The van der Waals surface area contributed by atoms with Gasteiger partial charge in [0.25, 0.3) is 0 Å². The van der Waals surface area contributed by atoms with Crippen molar-refractivity contribution >= 4 is 0 Å². The summed E-state index contributed by atoms with van der Waals surface area (Å²) in [5.74, 6) is 0. The van der Waals surface area contributed by atoms with Crippen LogP contribution in [0.4, 0.5) is 0 Å². The van der Waals surface area contributed by atoms with Crippen molar-refractivity contribution in [2.24, 2.45) is 0 Å². The van der Waals surface area contributed by atoms with E-state index in [0.29, 0.717) is 0 Å². The van der Waals surface area contributed by atoms with E-state index in [1.807, 2.05) is 18.2 Å². The Kier molecular flexibility index (Phi) is 1.69. The lowest BCUT2D eigenvalue weighted by molar-refractivity contribution is 1.23. The lowest BCUT2D eigenvalue weighted by Gasteiger charge is -2.05. The van der Waals surface area contributed by atoms with Crippen LogP contribution in [0.1, 0.15) is 6.42 Å². The van der Waals surface area contributed by atoms with Gasteiger partial charge in [0, 0.05) is 0 Å². The van der Waals surface area contributed by atoms with E-state index < -0.39 is 0 Å². The first-order valence-electron chi connectivity index (χ1n) is 3.02. The molecular weight excluding hydrogens is 108 g/mol. The Balaban J connectivity index is 2.86. The Morgan fingerprint density at radius 1 is 1.56 bits per heavy atom. The van der Waals surface area contributed by atoms with Crippen LogP contribution >= 0.6 is 0 Å². The molecule has 0 bridgehead atoms. The molecule has 0 aromatic heterocycles. The third-order valence-corrected chi connectivity index (χ3v) is 1.40. The summed E-state index contributed by atoms with van der Waals surface area (Å²) in [5, 5.41) is 0. The molecule has 0 radical (unpaired) electrons. The molecule has 0 unspecified atom stereocenters. The SMILES string of the molecule is C=CC1=CC=CCC1=C. The minimum absolute atomic E-state index is 0.970. The van der Waals surface area contributed by atoms with Crippen LogP contribution in [0.2, 0.25) is 0 Å². The normalized spacial score (nSPS) is 17.3. The molecule has 0 aromatic carbocycles. The minimum atomic E-state index is 0.970. The van der Waals surface area contributed by atoms with Crippen LogP contribution in [0.15, 0.2) is 48.6 Å². The van der Waals surface area contributed by atoms with Crippen LogP contribution in [0, 0.1) is 0 Å². The molecule has 0 spiro atoms. The maximum atomic E-state index is 3.88. The molecule has 0 atom stereocenters. The molecule has 1 aliphatic carbocycles. The van der Waals surface area contributed by atoms with Gasteiger partial charge in [0.15, 0.2) is 0 Å². The minimum Gasteiger partial charge on any atom is -0.0985 e. The highest BCUT2D eigenvalue weighted by Gasteiger charge is 1.97. The van der Waals surface area contributed by atoms with Crippen molar-refractivity contribution in [2.45, 2.75) is 6.42 Å². The Bertz CT molecular complexity index is 192. The van der Waals surface area contributed by atoms with Crippen molar-refractivity contribution in [3.05, 3.63) is 48.6 Å². The average molecular weight is 118 g/mol. The van der Waals surface area contributed by atoms with Gasteiger partial charge in [0.2, 0.25) is 0 Å². The number of hydrogen-bond donors (Lipinski definition) is 0. The van der Waals surface area contributed by atoms with E-state index in [-0.39, 0.29) is 0 Å². The van der Waals surface area contributed by atoms with Crippen LogP contribution in [0.25, 0.3) is 0 Å². The summed E-state index contributed by atoms with van der Waals surface area (Å²) in [6.45, 7) is 7.55. The van der Waals surface area contributed by atoms with E-state index in [1.54, 1.807) is 0 Å². The molecular formula is C9H10. The van der Waals surface area contributed by atoms with Crippen LogP contribution in [-0.2, 0) is 0 Å². The van der Waals surface area contributed by atoms with Crippen molar-refractivity contribution in [1.29, 1.82) is 0 Å². The second-order valence-corrected chi connectivity index (χ2v) is 2.06. The van der Waals surface area contributed by atoms with Gasteiger partial charge in [-0.3, -0.25) is 0 Å². The maximum absolute atomic E-state index is 3.88. The largest absolute Gasteiger partial charge is 0.0985 e. The molecule has 0 saturated carbocycles. The summed E-state index contributed by atoms with van der Waals surface area (Å²) in [7, 11) is 0. The standard InChI is InChI=1S/C9H10/c1-3-9-7-5-4-6-8(9)2/h3-5,7H,1-2,6H2. The summed E-state index contributed by atoms with van der Waals surface area (Å²) in [5.41, 5.74) is 2.32. The molecule has 0 aliphatic heterocycles. The van der Waals surface area contributed by atoms with Gasteiger partial charge in [-0.25, -0.2) is 0 Å². The summed E-state index contributed by atoms with van der Waals surface area (Å²) in [4.78, 5) is 0. The highest BCUT2D eigenvalue weighted by atomic mass is 14.0. The Morgan fingerprint density at radius 2 is 2.33 bits per heavy atom. The van der Waals surface area contributed by atoms with Gasteiger partial charge in [-0.15, -0.1) is 0 Å². The molecule has 0 amide bonds. The Hall–Kier alpha value is -1.04. The molecule has 9 heavy (non-hydrogen) atoms. The van der Waals surface area contributed by atoms with Crippen LogP contribution in [0.3, 0.4) is 0 Å². The molecule has 46 valence electrons. The predicted molar refractivity (Wildman–Crippen MR) is 41.2 cm³/mol. The first kappa shape index (κ1) is 6.09. The van der Waals surface area contributed by atoms with Gasteiger partial charge >= 0.3 is 0 Å². The predicted octanol–water partition coefficient (Wildman–Crippen LogP) is 2.61. The van der Waals surface area contributed by atoms with Crippen molar-refractivity contribution in [2.75, 3.05) is 0 Å².